The molecule has 1 aromatic heterocycles. The van der Waals surface area contributed by atoms with Crippen LogP contribution < -0.4 is 4.90 Å². The molecule has 0 spiro atoms. The molecule has 0 aliphatic heterocycles. The lowest BCUT2D eigenvalue weighted by molar-refractivity contribution is 0.0521. The molecular weight excluding hydrogens is 295 g/mol. The van der Waals surface area contributed by atoms with Gasteiger partial charge in [-0.1, -0.05) is 12.8 Å². The third-order valence-corrected chi connectivity index (χ3v) is 4.28. The summed E-state index contributed by atoms with van der Waals surface area (Å²) in [6, 6.07) is 9.13. The van der Waals surface area contributed by atoms with Crippen LogP contribution in [0.15, 0.2) is 48.8 Å². The summed E-state index contributed by atoms with van der Waals surface area (Å²) in [4.78, 5) is 18.3. The van der Waals surface area contributed by atoms with Gasteiger partial charge in [0.2, 0.25) is 0 Å². The summed E-state index contributed by atoms with van der Waals surface area (Å²) < 4.78 is 13.2. The Balaban J connectivity index is 1.92. The van der Waals surface area contributed by atoms with Crippen LogP contribution in [0.1, 0.15) is 36.0 Å². The minimum atomic E-state index is -0.883. The number of halogens is 1. The number of pyridine rings is 1. The molecule has 1 amide bonds. The SMILES string of the molecule is O=C(c1cccnc1)N(CC1(O)CCCC1)c1ccc(F)cc1. The molecule has 1 aliphatic carbocycles. The van der Waals surface area contributed by atoms with Gasteiger partial charge in [0.25, 0.3) is 5.91 Å². The second kappa shape index (κ2) is 6.46. The number of aromatic nitrogens is 1. The van der Waals surface area contributed by atoms with Crippen molar-refractivity contribution < 1.29 is 14.3 Å². The van der Waals surface area contributed by atoms with Crippen LogP contribution in [0.2, 0.25) is 0 Å². The molecule has 0 atom stereocenters. The second-order valence-electron chi connectivity index (χ2n) is 6.04. The molecule has 1 saturated carbocycles. The number of anilines is 1. The van der Waals surface area contributed by atoms with E-state index in [1.54, 1.807) is 30.5 Å². The highest BCUT2D eigenvalue weighted by molar-refractivity contribution is 6.06. The van der Waals surface area contributed by atoms with E-state index in [0.29, 0.717) is 24.1 Å². The van der Waals surface area contributed by atoms with E-state index in [4.69, 9.17) is 0 Å². The third kappa shape index (κ3) is 3.56. The zero-order valence-corrected chi connectivity index (χ0v) is 12.8. The fraction of sp³-hybridized carbons (Fsp3) is 0.333. The van der Waals surface area contributed by atoms with Gasteiger partial charge in [0.05, 0.1) is 17.7 Å². The van der Waals surface area contributed by atoms with Gasteiger partial charge in [-0.25, -0.2) is 4.39 Å². The summed E-state index contributed by atoms with van der Waals surface area (Å²) >= 11 is 0. The largest absolute Gasteiger partial charge is 0.388 e. The summed E-state index contributed by atoms with van der Waals surface area (Å²) in [7, 11) is 0. The highest BCUT2D eigenvalue weighted by atomic mass is 19.1. The lowest BCUT2D eigenvalue weighted by atomic mass is 10.0. The molecule has 1 heterocycles. The Morgan fingerprint density at radius 2 is 1.91 bits per heavy atom. The van der Waals surface area contributed by atoms with Crippen LogP contribution in [0.4, 0.5) is 10.1 Å². The minimum Gasteiger partial charge on any atom is -0.388 e. The van der Waals surface area contributed by atoms with E-state index in [0.717, 1.165) is 12.8 Å². The molecule has 0 bridgehead atoms. The molecule has 23 heavy (non-hydrogen) atoms. The smallest absolute Gasteiger partial charge is 0.259 e. The summed E-state index contributed by atoms with van der Waals surface area (Å²) in [5.41, 5.74) is 0.130. The van der Waals surface area contributed by atoms with Crippen molar-refractivity contribution >= 4 is 11.6 Å². The number of amides is 1. The Kier molecular flexibility index (Phi) is 4.39. The average Bonchev–Trinajstić information content (AvgIpc) is 3.00. The predicted molar refractivity (Wildman–Crippen MR) is 85.7 cm³/mol. The van der Waals surface area contributed by atoms with Gasteiger partial charge in [0.15, 0.2) is 0 Å². The van der Waals surface area contributed by atoms with Crippen molar-refractivity contribution in [3.8, 4) is 0 Å². The number of carbonyl (C=O) groups is 1. The Bertz CT molecular complexity index is 667. The van der Waals surface area contributed by atoms with Crippen molar-refractivity contribution in [2.75, 3.05) is 11.4 Å². The van der Waals surface area contributed by atoms with Gasteiger partial charge >= 0.3 is 0 Å². The van der Waals surface area contributed by atoms with E-state index >= 15 is 0 Å². The first-order valence-corrected chi connectivity index (χ1v) is 7.77. The van der Waals surface area contributed by atoms with Crippen LogP contribution in [0.3, 0.4) is 0 Å². The summed E-state index contributed by atoms with van der Waals surface area (Å²) in [6.45, 7) is 0.201. The molecule has 1 N–H and O–H groups in total. The summed E-state index contributed by atoms with van der Waals surface area (Å²) in [5, 5.41) is 10.7. The number of rotatable bonds is 4. The van der Waals surface area contributed by atoms with Gasteiger partial charge < -0.3 is 10.0 Å². The van der Waals surface area contributed by atoms with Gasteiger partial charge in [0, 0.05) is 18.1 Å². The molecule has 4 nitrogen and oxygen atoms in total. The molecule has 2 aromatic rings. The third-order valence-electron chi connectivity index (χ3n) is 4.28. The van der Waals surface area contributed by atoms with Crippen LogP contribution in [0.25, 0.3) is 0 Å². The van der Waals surface area contributed by atoms with E-state index in [9.17, 15) is 14.3 Å². The molecule has 5 heteroatoms. The first kappa shape index (κ1) is 15.6. The van der Waals surface area contributed by atoms with Gasteiger partial charge in [-0.3, -0.25) is 9.78 Å². The van der Waals surface area contributed by atoms with E-state index in [2.05, 4.69) is 4.98 Å². The van der Waals surface area contributed by atoms with Gasteiger partial charge in [-0.2, -0.15) is 0 Å². The van der Waals surface area contributed by atoms with Gasteiger partial charge in [-0.05, 0) is 49.2 Å². The molecule has 1 aliphatic rings. The second-order valence-corrected chi connectivity index (χ2v) is 6.04. The number of nitrogens with zero attached hydrogens (tertiary/aromatic N) is 2. The topological polar surface area (TPSA) is 53.4 Å². The van der Waals surface area contributed by atoms with Crippen LogP contribution in [0, 0.1) is 5.82 Å². The minimum absolute atomic E-state index is 0.201. The normalized spacial score (nSPS) is 16.3. The highest BCUT2D eigenvalue weighted by Crippen LogP contribution is 2.32. The predicted octanol–water partition coefficient (Wildman–Crippen LogP) is 3.17. The molecule has 1 fully saturated rings. The molecule has 0 radical (unpaired) electrons. The molecule has 120 valence electrons. The zero-order valence-electron chi connectivity index (χ0n) is 12.8. The maximum atomic E-state index is 13.2. The summed E-state index contributed by atoms with van der Waals surface area (Å²) in [5.74, 6) is -0.605. The number of hydrogen-bond donors (Lipinski definition) is 1. The van der Waals surface area contributed by atoms with E-state index in [1.807, 2.05) is 0 Å². The maximum Gasteiger partial charge on any atom is 0.259 e. The standard InChI is InChI=1S/C18H19FN2O2/c19-15-5-7-16(8-6-15)21(13-18(23)9-1-2-10-18)17(22)14-4-3-11-20-12-14/h3-8,11-12,23H,1-2,9-10,13H2. The highest BCUT2D eigenvalue weighted by Gasteiger charge is 2.35. The van der Waals surface area contributed by atoms with Crippen LogP contribution in [-0.2, 0) is 0 Å². The van der Waals surface area contributed by atoms with Crippen molar-refractivity contribution in [2.24, 2.45) is 0 Å². The lowest BCUT2D eigenvalue weighted by Gasteiger charge is -2.31. The van der Waals surface area contributed by atoms with Crippen molar-refractivity contribution in [1.29, 1.82) is 0 Å². The van der Waals surface area contributed by atoms with Gasteiger partial charge in [-0.15, -0.1) is 0 Å². The molecule has 1 aromatic carbocycles. The lowest BCUT2D eigenvalue weighted by Crippen LogP contribution is -2.44. The molecule has 0 unspecified atom stereocenters. The van der Waals surface area contributed by atoms with Crippen molar-refractivity contribution in [3.63, 3.8) is 0 Å². The van der Waals surface area contributed by atoms with Crippen LogP contribution in [-0.4, -0.2) is 28.1 Å². The Morgan fingerprint density at radius 1 is 1.22 bits per heavy atom. The van der Waals surface area contributed by atoms with Crippen molar-refractivity contribution in [1.82, 2.24) is 4.98 Å². The fourth-order valence-electron chi connectivity index (χ4n) is 3.03. The molecule has 3 rings (SSSR count). The number of carbonyl (C=O) groups excluding carboxylic acids is 1. The maximum absolute atomic E-state index is 13.2. The monoisotopic (exact) mass is 314 g/mol. The number of hydrogen-bond acceptors (Lipinski definition) is 3. The zero-order chi connectivity index (χ0) is 16.3. The average molecular weight is 314 g/mol. The Hall–Kier alpha value is -2.27. The van der Waals surface area contributed by atoms with Crippen LogP contribution >= 0.6 is 0 Å². The fourth-order valence-corrected chi connectivity index (χ4v) is 3.03. The Morgan fingerprint density at radius 3 is 2.52 bits per heavy atom. The van der Waals surface area contributed by atoms with Crippen LogP contribution in [0.5, 0.6) is 0 Å². The van der Waals surface area contributed by atoms with Crippen molar-refractivity contribution in [3.05, 3.63) is 60.2 Å². The van der Waals surface area contributed by atoms with E-state index in [-0.39, 0.29) is 18.3 Å². The molecular formula is C18H19FN2O2. The first-order valence-electron chi connectivity index (χ1n) is 7.77. The van der Waals surface area contributed by atoms with E-state index < -0.39 is 5.60 Å². The molecule has 0 saturated heterocycles. The number of benzene rings is 1. The Labute approximate surface area is 134 Å². The first-order chi connectivity index (χ1) is 11.1. The number of aliphatic hydroxyl groups is 1. The summed E-state index contributed by atoms with van der Waals surface area (Å²) in [6.07, 6.45) is 6.35. The van der Waals surface area contributed by atoms with E-state index in [1.165, 1.54) is 23.2 Å². The van der Waals surface area contributed by atoms with Gasteiger partial charge in [0.1, 0.15) is 5.82 Å². The quantitative estimate of drug-likeness (QED) is 0.943. The van der Waals surface area contributed by atoms with Crippen molar-refractivity contribution in [2.45, 2.75) is 31.3 Å².